The summed E-state index contributed by atoms with van der Waals surface area (Å²) in [5, 5.41) is 3.75. The Morgan fingerprint density at radius 3 is 2.40 bits per heavy atom. The number of nitrogens with zero attached hydrogens (tertiary/aromatic N) is 1. The fourth-order valence-corrected chi connectivity index (χ4v) is 0.880. The molecule has 0 aromatic carbocycles. The Bertz CT molecular complexity index is 108. The van der Waals surface area contributed by atoms with Crippen LogP contribution < -0.4 is 0 Å². The van der Waals surface area contributed by atoms with Crippen LogP contribution in [-0.2, 0) is 70.2 Å². The maximum absolute atomic E-state index is 10.4. The van der Waals surface area contributed by atoms with Gasteiger partial charge in [0.05, 0.1) is 5.91 Å². The van der Waals surface area contributed by atoms with Gasteiger partial charge in [0.1, 0.15) is 0 Å². The molecule has 1 heterocycles. The summed E-state index contributed by atoms with van der Waals surface area (Å²) in [6.07, 6.45) is 1.78. The van der Waals surface area contributed by atoms with E-state index in [1.807, 2.05) is 0 Å². The largest absolute Gasteiger partial charge is 0.653 e. The van der Waals surface area contributed by atoms with E-state index in [0.717, 1.165) is 13.0 Å². The van der Waals surface area contributed by atoms with Gasteiger partial charge in [-0.1, -0.05) is 19.3 Å². The van der Waals surface area contributed by atoms with Gasteiger partial charge >= 0.3 is 0 Å². The zero-order valence-electron chi connectivity index (χ0n) is 6.21. The Morgan fingerprint density at radius 1 is 1.60 bits per heavy atom. The van der Waals surface area contributed by atoms with Crippen LogP contribution in [0.25, 0.3) is 5.32 Å². The first kappa shape index (κ1) is 14.2. The van der Waals surface area contributed by atoms with Gasteiger partial charge in [-0.25, -0.2) is 0 Å². The zero-order chi connectivity index (χ0) is 5.98. The summed E-state index contributed by atoms with van der Waals surface area (Å²) in [5.74, 6) is 0.652. The Hall–Kier alpha value is 1.68. The number of amides is 1. The molecule has 0 aliphatic carbocycles. The van der Waals surface area contributed by atoms with E-state index in [2.05, 4.69) is 12.2 Å². The van der Waals surface area contributed by atoms with Crippen molar-refractivity contribution in [3.05, 3.63) is 5.32 Å². The first-order chi connectivity index (χ1) is 3.83. The Kier molecular flexibility index (Phi) is 10.4. The smallest absolute Gasteiger partial charge is 0.0513 e. The Balaban J connectivity index is 0. The summed E-state index contributed by atoms with van der Waals surface area (Å²) in [4.78, 5) is 10.4. The summed E-state index contributed by atoms with van der Waals surface area (Å²) in [7, 11) is 0. The average molecular weight is 290 g/mol. The first-order valence-corrected chi connectivity index (χ1v) is 3.03. The number of hydrogen-bond donors (Lipinski definition) is 0. The van der Waals surface area contributed by atoms with Crippen molar-refractivity contribution < 1.29 is 70.2 Å². The van der Waals surface area contributed by atoms with Crippen LogP contribution in [0.1, 0.15) is 19.8 Å². The fraction of sp³-hybridized carbons (Fsp3) is 0.833. The number of carbonyl (C=O) groups excluding carboxylic acids is 1. The molecule has 1 saturated heterocycles. The van der Waals surface area contributed by atoms with Gasteiger partial charge in [0.25, 0.3) is 0 Å². The molecule has 1 atom stereocenters. The van der Waals surface area contributed by atoms with Gasteiger partial charge in [-0.15, -0.1) is 6.54 Å². The van der Waals surface area contributed by atoms with Gasteiger partial charge in [0, 0.05) is 65.4 Å². The van der Waals surface area contributed by atoms with E-state index >= 15 is 0 Å². The summed E-state index contributed by atoms with van der Waals surface area (Å²) in [6, 6.07) is 0. The molecule has 2 radical (unpaired) electrons. The monoisotopic (exact) mass is 290 g/mol. The van der Waals surface area contributed by atoms with E-state index in [1.54, 1.807) is 0 Å². The molecule has 1 fully saturated rings. The Morgan fingerprint density at radius 2 is 2.20 bits per heavy atom. The third kappa shape index (κ3) is 4.53. The molecular formula is C6H10NOY2-. The van der Waals surface area contributed by atoms with Crippen molar-refractivity contribution in [2.75, 3.05) is 6.54 Å². The second kappa shape index (κ2) is 7.33. The van der Waals surface area contributed by atoms with Crippen LogP contribution in [0.2, 0.25) is 0 Å². The molecule has 1 aliphatic heterocycles. The zero-order valence-corrected chi connectivity index (χ0v) is 11.9. The van der Waals surface area contributed by atoms with Crippen LogP contribution in [0.3, 0.4) is 0 Å². The standard InChI is InChI=1S/C6H11NO.2Y/c1-2-5-3-6(8)7-4-5;;/h5H,2-4H2,1H3,(H,7,8);;/p-1. The van der Waals surface area contributed by atoms with Crippen molar-refractivity contribution in [1.82, 2.24) is 0 Å². The molecule has 1 amide bonds. The van der Waals surface area contributed by atoms with Crippen molar-refractivity contribution in [2.24, 2.45) is 5.92 Å². The molecular weight excluding hydrogens is 280 g/mol. The third-order valence-electron chi connectivity index (χ3n) is 1.57. The molecule has 10 heavy (non-hydrogen) atoms. The molecule has 0 bridgehead atoms. The molecule has 1 aliphatic rings. The summed E-state index contributed by atoms with van der Waals surface area (Å²) >= 11 is 0. The van der Waals surface area contributed by atoms with Crippen LogP contribution in [0.4, 0.5) is 0 Å². The molecule has 0 aromatic rings. The molecule has 0 aromatic heterocycles. The van der Waals surface area contributed by atoms with Gasteiger partial charge < -0.3 is 10.1 Å². The summed E-state index contributed by atoms with van der Waals surface area (Å²) in [6.45, 7) is 2.87. The van der Waals surface area contributed by atoms with E-state index in [4.69, 9.17) is 0 Å². The van der Waals surface area contributed by atoms with Crippen LogP contribution >= 0.6 is 0 Å². The van der Waals surface area contributed by atoms with E-state index < -0.39 is 0 Å². The topological polar surface area (TPSA) is 31.2 Å². The van der Waals surface area contributed by atoms with Crippen molar-refractivity contribution in [3.8, 4) is 0 Å². The van der Waals surface area contributed by atoms with Crippen molar-refractivity contribution in [2.45, 2.75) is 19.8 Å². The second-order valence-corrected chi connectivity index (χ2v) is 2.21. The molecule has 1 rings (SSSR count). The predicted octanol–water partition coefficient (Wildman–Crippen LogP) is 1.31. The normalized spacial score (nSPS) is 22.5. The quantitative estimate of drug-likeness (QED) is 0.716. The van der Waals surface area contributed by atoms with Gasteiger partial charge in [-0.3, -0.25) is 0 Å². The molecule has 4 heteroatoms. The molecule has 2 nitrogen and oxygen atoms in total. The minimum atomic E-state index is 0. The number of carbonyl (C=O) groups is 1. The molecule has 1 unspecified atom stereocenters. The summed E-state index contributed by atoms with van der Waals surface area (Å²) < 4.78 is 0. The van der Waals surface area contributed by atoms with Crippen LogP contribution in [-0.4, -0.2) is 12.5 Å². The van der Waals surface area contributed by atoms with Crippen LogP contribution in [0, 0.1) is 5.92 Å². The van der Waals surface area contributed by atoms with Crippen molar-refractivity contribution >= 4 is 5.91 Å². The molecule has 52 valence electrons. The Labute approximate surface area is 112 Å². The maximum atomic E-state index is 10.4. The average Bonchev–Trinajstić information content (AvgIpc) is 2.14. The molecule has 0 saturated carbocycles. The minimum absolute atomic E-state index is 0. The van der Waals surface area contributed by atoms with Gasteiger partial charge in [0.15, 0.2) is 0 Å². The van der Waals surface area contributed by atoms with E-state index in [1.165, 1.54) is 0 Å². The minimum Gasteiger partial charge on any atom is -0.653 e. The second-order valence-electron chi connectivity index (χ2n) is 2.21. The maximum Gasteiger partial charge on any atom is 0.0513 e. The van der Waals surface area contributed by atoms with E-state index in [9.17, 15) is 4.79 Å². The van der Waals surface area contributed by atoms with Crippen LogP contribution in [0.5, 0.6) is 0 Å². The van der Waals surface area contributed by atoms with Crippen molar-refractivity contribution in [3.63, 3.8) is 0 Å². The SMILES string of the molecule is CCC1C[N-]C(=O)C1.[Y].[Y]. The van der Waals surface area contributed by atoms with Gasteiger partial charge in [0.2, 0.25) is 0 Å². The fourth-order valence-electron chi connectivity index (χ4n) is 0.880. The van der Waals surface area contributed by atoms with E-state index in [0.29, 0.717) is 12.3 Å². The number of rotatable bonds is 1. The van der Waals surface area contributed by atoms with E-state index in [-0.39, 0.29) is 71.3 Å². The number of hydrogen-bond acceptors (Lipinski definition) is 1. The van der Waals surface area contributed by atoms with Gasteiger partial charge in [-0.05, 0) is 6.42 Å². The molecule has 0 N–H and O–H groups in total. The third-order valence-corrected chi connectivity index (χ3v) is 1.57. The molecule has 0 spiro atoms. The van der Waals surface area contributed by atoms with Crippen molar-refractivity contribution in [1.29, 1.82) is 0 Å². The summed E-state index contributed by atoms with van der Waals surface area (Å²) in [5.41, 5.74) is 0. The van der Waals surface area contributed by atoms with Gasteiger partial charge in [-0.2, -0.15) is 0 Å². The first-order valence-electron chi connectivity index (χ1n) is 3.03. The van der Waals surface area contributed by atoms with Crippen LogP contribution in [0.15, 0.2) is 0 Å². The predicted molar refractivity (Wildman–Crippen MR) is 31.6 cm³/mol.